The summed E-state index contributed by atoms with van der Waals surface area (Å²) in [5, 5.41) is 36.8. The first-order valence-corrected chi connectivity index (χ1v) is 7.82. The molecular weight excluding hydrogens is 322 g/mol. The highest BCUT2D eigenvalue weighted by Crippen LogP contribution is 2.19. The Hall–Kier alpha value is -1.27. The third-order valence-electron chi connectivity index (χ3n) is 2.38. The number of carbonyl (C=O) groups is 2. The Morgan fingerprint density at radius 1 is 1.23 bits per heavy atom. The van der Waals surface area contributed by atoms with Crippen molar-refractivity contribution in [1.82, 2.24) is 5.32 Å². The number of hydrogen-bond donors (Lipinski definition) is 6. The molecule has 0 aromatic carbocycles. The van der Waals surface area contributed by atoms with E-state index in [1.165, 1.54) is 13.8 Å². The minimum Gasteiger partial charge on any atom is -0.481 e. The second-order valence-corrected chi connectivity index (χ2v) is 6.57. The van der Waals surface area contributed by atoms with Gasteiger partial charge in [0.25, 0.3) is 10.1 Å². The normalized spacial score (nSPS) is 12.8. The van der Waals surface area contributed by atoms with Gasteiger partial charge >= 0.3 is 5.97 Å². The summed E-state index contributed by atoms with van der Waals surface area (Å²) in [6.07, 6.45) is -1.55. The Bertz CT molecular complexity index is 446. The van der Waals surface area contributed by atoms with Crippen LogP contribution in [0.4, 0.5) is 0 Å². The summed E-state index contributed by atoms with van der Waals surface area (Å²) in [5.41, 5.74) is -0.937. The lowest BCUT2D eigenvalue weighted by atomic mass is 9.87. The Morgan fingerprint density at radius 2 is 1.73 bits per heavy atom. The molecule has 0 spiro atoms. The maximum Gasteiger partial charge on any atom is 0.305 e. The van der Waals surface area contributed by atoms with E-state index in [-0.39, 0.29) is 19.6 Å². The Morgan fingerprint density at radius 3 is 2.00 bits per heavy atom. The maximum atomic E-state index is 11.3. The molecule has 0 radical (unpaired) electrons. The van der Waals surface area contributed by atoms with Gasteiger partial charge in [-0.25, -0.2) is 0 Å². The third kappa shape index (κ3) is 12.5. The van der Waals surface area contributed by atoms with E-state index >= 15 is 0 Å². The molecule has 0 fully saturated rings. The number of carbonyl (C=O) groups excluding carboxylic acids is 1. The van der Waals surface area contributed by atoms with Gasteiger partial charge in [-0.05, 0) is 0 Å². The highest BCUT2D eigenvalue weighted by Gasteiger charge is 2.32. The lowest BCUT2D eigenvalue weighted by Crippen LogP contribution is -2.45. The van der Waals surface area contributed by atoms with Crippen LogP contribution >= 0.6 is 0 Å². The number of rotatable bonds is 8. The standard InChI is InChI=1S/C9H17NO5.C2H6O4S/c1-9(2,5-11)7(14)8(15)10-4-3-6(12)13;3-1-2-7(4,5)6/h7,11,14H,3-5H2,1-2H3,(H,10,15)(H,12,13);3H,1-2H2,(H,4,5,6). The number of hydrogen-bond acceptors (Lipinski definition) is 7. The Kier molecular flexibility index (Phi) is 10.9. The van der Waals surface area contributed by atoms with Crippen molar-refractivity contribution in [2.75, 3.05) is 25.5 Å². The summed E-state index contributed by atoms with van der Waals surface area (Å²) >= 11 is 0. The molecule has 0 aliphatic carbocycles. The van der Waals surface area contributed by atoms with E-state index in [9.17, 15) is 23.1 Å². The average molecular weight is 345 g/mol. The van der Waals surface area contributed by atoms with Gasteiger partial charge in [0.1, 0.15) is 6.10 Å². The van der Waals surface area contributed by atoms with E-state index < -0.39 is 45.9 Å². The van der Waals surface area contributed by atoms with Gasteiger partial charge in [-0.1, -0.05) is 13.8 Å². The summed E-state index contributed by atoms with van der Waals surface area (Å²) in [6, 6.07) is 0. The second kappa shape index (κ2) is 10.5. The highest BCUT2D eigenvalue weighted by atomic mass is 32.2. The van der Waals surface area contributed by atoms with Crippen LogP contribution in [-0.4, -0.2) is 76.9 Å². The molecule has 0 saturated carbocycles. The van der Waals surface area contributed by atoms with Gasteiger partial charge in [-0.3, -0.25) is 14.1 Å². The van der Waals surface area contributed by atoms with Crippen LogP contribution < -0.4 is 5.32 Å². The molecule has 11 heteroatoms. The molecule has 0 aromatic heterocycles. The van der Waals surface area contributed by atoms with Gasteiger partial charge in [0.05, 0.1) is 25.4 Å². The lowest BCUT2D eigenvalue weighted by molar-refractivity contribution is -0.138. The van der Waals surface area contributed by atoms with Crippen molar-refractivity contribution in [2.24, 2.45) is 5.41 Å². The zero-order valence-corrected chi connectivity index (χ0v) is 13.2. The lowest BCUT2D eigenvalue weighted by Gasteiger charge is -2.26. The monoisotopic (exact) mass is 345 g/mol. The molecule has 10 nitrogen and oxygen atoms in total. The molecular formula is C11H23NO9S. The molecule has 132 valence electrons. The van der Waals surface area contributed by atoms with E-state index in [4.69, 9.17) is 19.9 Å². The van der Waals surface area contributed by atoms with Crippen molar-refractivity contribution in [1.29, 1.82) is 0 Å². The van der Waals surface area contributed by atoms with Crippen LogP contribution in [0.25, 0.3) is 0 Å². The Balaban J connectivity index is 0. The summed E-state index contributed by atoms with van der Waals surface area (Å²) in [6.45, 7) is 2.18. The Labute approximate surface area is 128 Å². The molecule has 0 rings (SSSR count). The van der Waals surface area contributed by atoms with Crippen LogP contribution in [0.2, 0.25) is 0 Å². The minimum atomic E-state index is -3.92. The first kappa shape index (κ1) is 23.0. The van der Waals surface area contributed by atoms with Crippen molar-refractivity contribution in [3.05, 3.63) is 0 Å². The molecule has 0 aliphatic heterocycles. The van der Waals surface area contributed by atoms with E-state index in [1.807, 2.05) is 0 Å². The number of aliphatic hydroxyl groups excluding tert-OH is 3. The fourth-order valence-electron chi connectivity index (χ4n) is 0.946. The van der Waals surface area contributed by atoms with Crippen LogP contribution in [-0.2, 0) is 19.7 Å². The average Bonchev–Trinajstić information content (AvgIpc) is 2.36. The van der Waals surface area contributed by atoms with Crippen molar-refractivity contribution in [3.63, 3.8) is 0 Å². The first-order valence-electron chi connectivity index (χ1n) is 6.22. The summed E-state index contributed by atoms with van der Waals surface area (Å²) in [7, 11) is -3.92. The molecule has 6 N–H and O–H groups in total. The first-order chi connectivity index (χ1) is 9.87. The molecule has 1 amide bonds. The fraction of sp³-hybridized carbons (Fsp3) is 0.818. The molecule has 0 bridgehead atoms. The number of aliphatic carboxylic acids is 1. The third-order valence-corrected chi connectivity index (χ3v) is 3.08. The molecule has 1 atom stereocenters. The predicted molar refractivity (Wildman–Crippen MR) is 75.6 cm³/mol. The van der Waals surface area contributed by atoms with Crippen LogP contribution in [0.3, 0.4) is 0 Å². The van der Waals surface area contributed by atoms with Gasteiger partial charge in [-0.2, -0.15) is 8.42 Å². The van der Waals surface area contributed by atoms with E-state index in [0.717, 1.165) is 0 Å². The number of carboxylic acid groups (broad SMARTS) is 1. The molecule has 1 unspecified atom stereocenters. The minimum absolute atomic E-state index is 0.0350. The quantitative estimate of drug-likeness (QED) is 0.266. The van der Waals surface area contributed by atoms with Gasteiger partial charge in [0.2, 0.25) is 5.91 Å². The summed E-state index contributed by atoms with van der Waals surface area (Å²) in [5.74, 6) is -2.27. The zero-order chi connectivity index (χ0) is 18.0. The SMILES string of the molecule is CC(C)(CO)C(O)C(=O)NCCC(=O)O.O=S(=O)(O)CCO. The second-order valence-electron chi connectivity index (χ2n) is 4.99. The molecule has 0 saturated heterocycles. The summed E-state index contributed by atoms with van der Waals surface area (Å²) < 4.78 is 27.1. The van der Waals surface area contributed by atoms with Gasteiger partial charge in [0, 0.05) is 12.0 Å². The number of aliphatic hydroxyl groups is 3. The van der Waals surface area contributed by atoms with Gasteiger partial charge in [0.15, 0.2) is 0 Å². The number of nitrogens with one attached hydrogen (secondary N) is 1. The summed E-state index contributed by atoms with van der Waals surface area (Å²) in [4.78, 5) is 21.4. The highest BCUT2D eigenvalue weighted by molar-refractivity contribution is 7.85. The fourth-order valence-corrected chi connectivity index (χ4v) is 1.18. The molecule has 0 aliphatic rings. The van der Waals surface area contributed by atoms with Crippen LogP contribution in [0, 0.1) is 5.41 Å². The van der Waals surface area contributed by atoms with Crippen LogP contribution in [0.15, 0.2) is 0 Å². The molecule has 22 heavy (non-hydrogen) atoms. The van der Waals surface area contributed by atoms with Gasteiger partial charge in [-0.15, -0.1) is 0 Å². The van der Waals surface area contributed by atoms with E-state index in [1.54, 1.807) is 0 Å². The van der Waals surface area contributed by atoms with Crippen molar-refractivity contribution >= 4 is 22.0 Å². The van der Waals surface area contributed by atoms with Crippen molar-refractivity contribution in [3.8, 4) is 0 Å². The largest absolute Gasteiger partial charge is 0.481 e. The molecule has 0 heterocycles. The van der Waals surface area contributed by atoms with Crippen LogP contribution in [0.1, 0.15) is 20.3 Å². The van der Waals surface area contributed by atoms with Gasteiger partial charge < -0.3 is 25.7 Å². The van der Waals surface area contributed by atoms with Crippen molar-refractivity contribution in [2.45, 2.75) is 26.4 Å². The van der Waals surface area contributed by atoms with Crippen LogP contribution in [0.5, 0.6) is 0 Å². The molecule has 0 aromatic rings. The van der Waals surface area contributed by atoms with Crippen molar-refractivity contribution < 1.29 is 43.0 Å². The predicted octanol–water partition coefficient (Wildman–Crippen LogP) is -2.18. The topological polar surface area (TPSA) is 181 Å². The number of carboxylic acids is 1. The number of amides is 1. The smallest absolute Gasteiger partial charge is 0.305 e. The van der Waals surface area contributed by atoms with E-state index in [0.29, 0.717) is 0 Å². The maximum absolute atomic E-state index is 11.3. The van der Waals surface area contributed by atoms with E-state index in [2.05, 4.69) is 5.32 Å². The zero-order valence-electron chi connectivity index (χ0n) is 12.4.